The molecule has 3 heterocycles. The summed E-state index contributed by atoms with van der Waals surface area (Å²) in [5.41, 5.74) is 4.89. The Hall–Kier alpha value is -3.68. The summed E-state index contributed by atoms with van der Waals surface area (Å²) in [6.45, 7) is 5.84. The summed E-state index contributed by atoms with van der Waals surface area (Å²) >= 11 is 0. The molecule has 0 aliphatic carbocycles. The number of pyridine rings is 1. The molecule has 1 N–H and O–H groups in total. The molecule has 8 nitrogen and oxygen atoms in total. The molecule has 2 amide bonds. The Bertz CT molecular complexity index is 1180. The van der Waals surface area contributed by atoms with Crippen molar-refractivity contribution in [3.8, 4) is 0 Å². The van der Waals surface area contributed by atoms with Gasteiger partial charge >= 0.3 is 6.03 Å². The number of hydrogen-bond acceptors (Lipinski definition) is 4. The smallest absolute Gasteiger partial charge is 0.322 e. The largest absolute Gasteiger partial charge is 0.338 e. The van der Waals surface area contributed by atoms with Crippen molar-refractivity contribution in [3.05, 3.63) is 72.2 Å². The zero-order valence-electron chi connectivity index (χ0n) is 18.1. The fourth-order valence-corrected chi connectivity index (χ4v) is 3.71. The van der Waals surface area contributed by atoms with Crippen LogP contribution in [-0.4, -0.2) is 36.9 Å². The van der Waals surface area contributed by atoms with Crippen LogP contribution in [-0.2, 0) is 20.1 Å². The molecule has 4 rings (SSSR count). The highest BCUT2D eigenvalue weighted by Crippen LogP contribution is 2.25. The number of nitrogens with zero attached hydrogens (tertiary/aromatic N) is 6. The Balaban J connectivity index is 1.51. The average molecular weight is 418 g/mol. The number of aromatic nitrogens is 5. The number of nitrogens with one attached hydrogen (secondary N) is 1. The summed E-state index contributed by atoms with van der Waals surface area (Å²) in [5.74, 6) is 0. The molecule has 0 aliphatic rings. The predicted octanol–water partition coefficient (Wildman–Crippen LogP) is 3.59. The van der Waals surface area contributed by atoms with Crippen LogP contribution in [0.15, 0.2) is 55.2 Å². The van der Waals surface area contributed by atoms with E-state index in [0.29, 0.717) is 13.1 Å². The van der Waals surface area contributed by atoms with Gasteiger partial charge in [-0.05, 0) is 50.1 Å². The second-order valence-electron chi connectivity index (χ2n) is 7.67. The molecular formula is C23H27N7O. The minimum absolute atomic E-state index is 0.132. The molecule has 0 atom stereocenters. The minimum Gasteiger partial charge on any atom is -0.338 e. The molecule has 0 saturated carbocycles. The van der Waals surface area contributed by atoms with Crippen molar-refractivity contribution in [1.82, 2.24) is 29.6 Å². The molecular weight excluding hydrogens is 390 g/mol. The Morgan fingerprint density at radius 2 is 2.03 bits per heavy atom. The van der Waals surface area contributed by atoms with Gasteiger partial charge in [0.25, 0.3) is 0 Å². The van der Waals surface area contributed by atoms with Crippen molar-refractivity contribution in [2.45, 2.75) is 33.4 Å². The third kappa shape index (κ3) is 4.58. The van der Waals surface area contributed by atoms with Gasteiger partial charge in [-0.15, -0.1) is 0 Å². The highest BCUT2D eigenvalue weighted by Gasteiger charge is 2.18. The highest BCUT2D eigenvalue weighted by atomic mass is 16.2. The zero-order valence-corrected chi connectivity index (χ0v) is 18.1. The maximum atomic E-state index is 13.2. The summed E-state index contributed by atoms with van der Waals surface area (Å²) in [6, 6.07) is 9.73. The van der Waals surface area contributed by atoms with Gasteiger partial charge in [0.2, 0.25) is 0 Å². The molecule has 1 aromatic carbocycles. The first-order valence-electron chi connectivity index (χ1n) is 10.4. The predicted molar refractivity (Wildman–Crippen MR) is 121 cm³/mol. The van der Waals surface area contributed by atoms with E-state index in [2.05, 4.69) is 25.0 Å². The van der Waals surface area contributed by atoms with Gasteiger partial charge in [-0.25, -0.2) is 9.78 Å². The van der Waals surface area contributed by atoms with Gasteiger partial charge in [-0.1, -0.05) is 6.07 Å². The van der Waals surface area contributed by atoms with E-state index in [1.54, 1.807) is 17.3 Å². The molecule has 160 valence electrons. The molecule has 31 heavy (non-hydrogen) atoms. The minimum atomic E-state index is -0.132. The fourth-order valence-electron chi connectivity index (χ4n) is 3.71. The normalized spacial score (nSPS) is 11.1. The number of hydrogen-bond donors (Lipinski definition) is 1. The van der Waals surface area contributed by atoms with E-state index in [4.69, 9.17) is 0 Å². The Labute approximate surface area is 181 Å². The van der Waals surface area contributed by atoms with Crippen LogP contribution in [0.4, 0.5) is 10.5 Å². The maximum Gasteiger partial charge on any atom is 0.322 e. The molecule has 0 fully saturated rings. The molecule has 8 heteroatoms. The van der Waals surface area contributed by atoms with Crippen molar-refractivity contribution in [2.24, 2.45) is 7.05 Å². The Morgan fingerprint density at radius 3 is 2.77 bits per heavy atom. The van der Waals surface area contributed by atoms with Crippen LogP contribution in [0.5, 0.6) is 0 Å². The van der Waals surface area contributed by atoms with Crippen molar-refractivity contribution in [3.63, 3.8) is 0 Å². The van der Waals surface area contributed by atoms with Crippen LogP contribution in [0.25, 0.3) is 10.9 Å². The van der Waals surface area contributed by atoms with Crippen LogP contribution in [0, 0.1) is 13.8 Å². The lowest BCUT2D eigenvalue weighted by atomic mass is 10.1. The number of rotatable bonds is 7. The van der Waals surface area contributed by atoms with Gasteiger partial charge in [0.05, 0.1) is 24.1 Å². The standard InChI is InChI=1S/C23H27N7O/c1-17-13-25-16-29(17)11-5-10-26-23(31)30(15-19-6-4-9-24-14-19)20-7-8-22-21(12-20)18(2)27-28(22)3/h4,6-9,12-14,16H,5,10-11,15H2,1-3H3,(H,26,31). The second kappa shape index (κ2) is 8.99. The van der Waals surface area contributed by atoms with Crippen molar-refractivity contribution >= 4 is 22.6 Å². The number of benzene rings is 1. The van der Waals surface area contributed by atoms with Gasteiger partial charge in [0, 0.05) is 55.5 Å². The highest BCUT2D eigenvalue weighted by molar-refractivity contribution is 5.95. The van der Waals surface area contributed by atoms with Gasteiger partial charge in [-0.2, -0.15) is 5.10 Å². The lowest BCUT2D eigenvalue weighted by Gasteiger charge is -2.23. The summed E-state index contributed by atoms with van der Waals surface area (Å²) in [6.07, 6.45) is 8.00. The number of fused-ring (bicyclic) bond motifs is 1. The van der Waals surface area contributed by atoms with Crippen LogP contribution in [0.3, 0.4) is 0 Å². The second-order valence-corrected chi connectivity index (χ2v) is 7.67. The van der Waals surface area contributed by atoms with Crippen LogP contribution in [0.1, 0.15) is 23.4 Å². The first kappa shape index (κ1) is 20.6. The van der Waals surface area contributed by atoms with E-state index >= 15 is 0 Å². The van der Waals surface area contributed by atoms with Gasteiger partial charge < -0.3 is 9.88 Å². The Kier molecular flexibility index (Phi) is 5.97. The van der Waals surface area contributed by atoms with E-state index in [1.807, 2.05) is 68.4 Å². The summed E-state index contributed by atoms with van der Waals surface area (Å²) in [7, 11) is 1.93. The quantitative estimate of drug-likeness (QED) is 0.466. The van der Waals surface area contributed by atoms with E-state index in [1.165, 1.54) is 0 Å². The molecule has 3 aromatic heterocycles. The number of carbonyl (C=O) groups is 1. The average Bonchev–Trinajstić information content (AvgIpc) is 3.31. The summed E-state index contributed by atoms with van der Waals surface area (Å²) < 4.78 is 3.94. The molecule has 0 bridgehead atoms. The maximum absolute atomic E-state index is 13.2. The van der Waals surface area contributed by atoms with Crippen molar-refractivity contribution < 1.29 is 4.79 Å². The number of aryl methyl sites for hydroxylation is 4. The number of imidazole rings is 1. The van der Waals surface area contributed by atoms with Crippen LogP contribution in [0.2, 0.25) is 0 Å². The fraction of sp³-hybridized carbons (Fsp3) is 0.304. The molecule has 0 saturated heterocycles. The lowest BCUT2D eigenvalue weighted by molar-refractivity contribution is 0.245. The van der Waals surface area contributed by atoms with Gasteiger partial charge in [0.15, 0.2) is 0 Å². The molecule has 0 radical (unpaired) electrons. The molecule has 4 aromatic rings. The molecule has 0 spiro atoms. The SMILES string of the molecule is Cc1nn(C)c2ccc(N(Cc3cccnc3)C(=O)NCCCn3cncc3C)cc12. The first-order valence-corrected chi connectivity index (χ1v) is 10.4. The number of amides is 2. The lowest BCUT2D eigenvalue weighted by Crippen LogP contribution is -2.40. The first-order chi connectivity index (χ1) is 15.0. The van der Waals surface area contributed by atoms with Gasteiger partial charge in [-0.3, -0.25) is 14.6 Å². The third-order valence-corrected chi connectivity index (χ3v) is 5.41. The number of anilines is 1. The summed E-state index contributed by atoms with van der Waals surface area (Å²) in [4.78, 5) is 23.2. The zero-order chi connectivity index (χ0) is 21.8. The molecule has 0 unspecified atom stereocenters. The van der Waals surface area contributed by atoms with E-state index in [9.17, 15) is 4.79 Å². The van der Waals surface area contributed by atoms with Crippen molar-refractivity contribution in [2.75, 3.05) is 11.4 Å². The Morgan fingerprint density at radius 1 is 1.16 bits per heavy atom. The monoisotopic (exact) mass is 417 g/mol. The van der Waals surface area contributed by atoms with E-state index in [0.717, 1.165) is 46.5 Å². The number of carbonyl (C=O) groups excluding carboxylic acids is 1. The van der Waals surface area contributed by atoms with E-state index in [-0.39, 0.29) is 6.03 Å². The van der Waals surface area contributed by atoms with Crippen LogP contribution < -0.4 is 10.2 Å². The van der Waals surface area contributed by atoms with Crippen molar-refractivity contribution in [1.29, 1.82) is 0 Å². The number of urea groups is 1. The molecule has 0 aliphatic heterocycles. The van der Waals surface area contributed by atoms with E-state index < -0.39 is 0 Å². The van der Waals surface area contributed by atoms with Crippen LogP contribution >= 0.6 is 0 Å². The topological polar surface area (TPSA) is 80.9 Å². The summed E-state index contributed by atoms with van der Waals surface area (Å²) in [5, 5.41) is 8.60. The van der Waals surface area contributed by atoms with Gasteiger partial charge in [0.1, 0.15) is 0 Å². The third-order valence-electron chi connectivity index (χ3n) is 5.41.